The lowest BCUT2D eigenvalue weighted by atomic mass is 10.2. The highest BCUT2D eigenvalue weighted by molar-refractivity contribution is 5.62. The van der Waals surface area contributed by atoms with Crippen molar-refractivity contribution in [1.82, 2.24) is 24.9 Å². The second kappa shape index (κ2) is 5.96. The number of phenolic OH excluding ortho intramolecular Hbond substituents is 1. The maximum Gasteiger partial charge on any atom is 0.180 e. The van der Waals surface area contributed by atoms with Crippen LogP contribution in [0.5, 0.6) is 5.75 Å². The Morgan fingerprint density at radius 2 is 1.83 bits per heavy atom. The van der Waals surface area contributed by atoms with Crippen LogP contribution < -0.4 is 0 Å². The SMILES string of the molecule is Oc1ccccc1Cn1nc(-c2ncccn2)cc1-c1ccon1. The molecule has 7 heteroatoms. The van der Waals surface area contributed by atoms with Gasteiger partial charge in [-0.15, -0.1) is 0 Å². The van der Waals surface area contributed by atoms with Gasteiger partial charge in [-0.1, -0.05) is 23.4 Å². The first-order chi connectivity index (χ1) is 11.8. The molecule has 1 N–H and O–H groups in total. The second-order valence-electron chi connectivity index (χ2n) is 5.16. The van der Waals surface area contributed by atoms with Crippen molar-refractivity contribution in [2.24, 2.45) is 0 Å². The molecule has 0 spiro atoms. The summed E-state index contributed by atoms with van der Waals surface area (Å²) in [4.78, 5) is 8.46. The summed E-state index contributed by atoms with van der Waals surface area (Å²) < 4.78 is 6.69. The van der Waals surface area contributed by atoms with Gasteiger partial charge in [-0.2, -0.15) is 5.10 Å². The van der Waals surface area contributed by atoms with Gasteiger partial charge in [0.1, 0.15) is 23.4 Å². The summed E-state index contributed by atoms with van der Waals surface area (Å²) in [6.07, 6.45) is 4.84. The Kier molecular flexibility index (Phi) is 3.51. The molecule has 0 radical (unpaired) electrons. The second-order valence-corrected chi connectivity index (χ2v) is 5.16. The molecular weight excluding hydrogens is 306 g/mol. The largest absolute Gasteiger partial charge is 0.508 e. The summed E-state index contributed by atoms with van der Waals surface area (Å²) in [5.74, 6) is 0.745. The molecule has 0 saturated heterocycles. The zero-order valence-corrected chi connectivity index (χ0v) is 12.6. The summed E-state index contributed by atoms with van der Waals surface area (Å²) in [5, 5.41) is 18.6. The molecule has 0 amide bonds. The number of phenols is 1. The minimum absolute atomic E-state index is 0.219. The molecule has 0 aliphatic heterocycles. The molecule has 118 valence electrons. The number of aromatic nitrogens is 5. The number of para-hydroxylation sites is 1. The van der Waals surface area contributed by atoms with Crippen LogP contribution in [0.1, 0.15) is 5.56 Å². The van der Waals surface area contributed by atoms with Crippen LogP contribution in [0, 0.1) is 0 Å². The van der Waals surface area contributed by atoms with E-state index < -0.39 is 0 Å². The summed E-state index contributed by atoms with van der Waals surface area (Å²) in [7, 11) is 0. The molecular formula is C17H13N5O2. The molecule has 0 unspecified atom stereocenters. The van der Waals surface area contributed by atoms with Gasteiger partial charge in [0.15, 0.2) is 5.82 Å². The van der Waals surface area contributed by atoms with Crippen molar-refractivity contribution in [1.29, 1.82) is 0 Å². The number of hydrogen-bond donors (Lipinski definition) is 1. The molecule has 0 fully saturated rings. The Hall–Kier alpha value is -3.48. The predicted octanol–water partition coefficient (Wildman–Crippen LogP) is 2.75. The fourth-order valence-electron chi connectivity index (χ4n) is 2.43. The number of hydrogen-bond acceptors (Lipinski definition) is 6. The number of benzene rings is 1. The van der Waals surface area contributed by atoms with Gasteiger partial charge in [-0.05, 0) is 18.2 Å². The molecule has 4 rings (SSSR count). The Balaban J connectivity index is 1.80. The Labute approximate surface area is 137 Å². The van der Waals surface area contributed by atoms with E-state index in [2.05, 4.69) is 20.2 Å². The van der Waals surface area contributed by atoms with Crippen molar-refractivity contribution in [3.8, 4) is 28.7 Å². The lowest BCUT2D eigenvalue weighted by Gasteiger charge is -2.07. The zero-order chi connectivity index (χ0) is 16.4. The molecule has 3 heterocycles. The fraction of sp³-hybridized carbons (Fsp3) is 0.0588. The molecule has 24 heavy (non-hydrogen) atoms. The molecule has 0 aliphatic rings. The minimum atomic E-state index is 0.219. The first kappa shape index (κ1) is 14.1. The molecule has 0 bridgehead atoms. The summed E-state index contributed by atoms with van der Waals surface area (Å²) >= 11 is 0. The van der Waals surface area contributed by atoms with Crippen molar-refractivity contribution in [2.75, 3.05) is 0 Å². The van der Waals surface area contributed by atoms with Crippen molar-refractivity contribution in [3.05, 3.63) is 66.7 Å². The number of aromatic hydroxyl groups is 1. The van der Waals surface area contributed by atoms with Gasteiger partial charge in [0, 0.05) is 24.0 Å². The van der Waals surface area contributed by atoms with Crippen LogP contribution >= 0.6 is 0 Å². The number of nitrogens with zero attached hydrogens (tertiary/aromatic N) is 5. The summed E-state index contributed by atoms with van der Waals surface area (Å²) in [6.45, 7) is 0.391. The van der Waals surface area contributed by atoms with E-state index in [1.165, 1.54) is 6.26 Å². The van der Waals surface area contributed by atoms with Gasteiger partial charge in [-0.25, -0.2) is 9.97 Å². The molecule has 1 aromatic carbocycles. The Bertz CT molecular complexity index is 948. The molecule has 3 aromatic heterocycles. The molecule has 0 aliphatic carbocycles. The monoisotopic (exact) mass is 319 g/mol. The number of rotatable bonds is 4. The van der Waals surface area contributed by atoms with Crippen LogP contribution in [0.15, 0.2) is 65.6 Å². The van der Waals surface area contributed by atoms with Crippen molar-refractivity contribution < 1.29 is 9.63 Å². The summed E-state index contributed by atoms with van der Waals surface area (Å²) in [5.41, 5.74) is 2.80. The topological polar surface area (TPSA) is 89.9 Å². The van der Waals surface area contributed by atoms with E-state index in [1.807, 2.05) is 18.2 Å². The first-order valence-corrected chi connectivity index (χ1v) is 7.34. The van der Waals surface area contributed by atoms with E-state index >= 15 is 0 Å². The third-order valence-corrected chi connectivity index (χ3v) is 3.59. The lowest BCUT2D eigenvalue weighted by molar-refractivity contribution is 0.421. The fourth-order valence-corrected chi connectivity index (χ4v) is 2.43. The van der Waals surface area contributed by atoms with E-state index in [0.29, 0.717) is 23.8 Å². The molecule has 0 atom stereocenters. The third-order valence-electron chi connectivity index (χ3n) is 3.59. The van der Waals surface area contributed by atoms with Crippen LogP contribution in [0.3, 0.4) is 0 Å². The smallest absolute Gasteiger partial charge is 0.180 e. The molecule has 0 saturated carbocycles. The van der Waals surface area contributed by atoms with Gasteiger partial charge < -0.3 is 9.63 Å². The van der Waals surface area contributed by atoms with Crippen LogP contribution in [-0.2, 0) is 6.54 Å². The van der Waals surface area contributed by atoms with Crippen molar-refractivity contribution in [3.63, 3.8) is 0 Å². The zero-order valence-electron chi connectivity index (χ0n) is 12.6. The standard InChI is InChI=1S/C17H13N5O2/c23-16-5-2-1-4-12(16)11-22-15(13-6-9-24-21-13)10-14(20-22)17-18-7-3-8-19-17/h1-10,23H,11H2. The highest BCUT2D eigenvalue weighted by atomic mass is 16.5. The predicted molar refractivity (Wildman–Crippen MR) is 86.0 cm³/mol. The van der Waals surface area contributed by atoms with E-state index in [-0.39, 0.29) is 5.75 Å². The van der Waals surface area contributed by atoms with Crippen LogP contribution in [0.25, 0.3) is 22.9 Å². The average Bonchev–Trinajstić information content (AvgIpc) is 3.27. The van der Waals surface area contributed by atoms with Crippen LogP contribution in [0.4, 0.5) is 0 Å². The highest BCUT2D eigenvalue weighted by Crippen LogP contribution is 2.25. The van der Waals surface area contributed by atoms with Crippen LogP contribution in [-0.4, -0.2) is 30.0 Å². The maximum absolute atomic E-state index is 10.0. The van der Waals surface area contributed by atoms with Gasteiger partial charge in [0.25, 0.3) is 0 Å². The Morgan fingerprint density at radius 1 is 1.00 bits per heavy atom. The molecule has 4 aromatic rings. The lowest BCUT2D eigenvalue weighted by Crippen LogP contribution is -2.04. The van der Waals surface area contributed by atoms with Gasteiger partial charge >= 0.3 is 0 Å². The van der Waals surface area contributed by atoms with Gasteiger partial charge in [-0.3, -0.25) is 4.68 Å². The van der Waals surface area contributed by atoms with E-state index in [4.69, 9.17) is 4.52 Å². The third kappa shape index (κ3) is 2.63. The van der Waals surface area contributed by atoms with E-state index in [9.17, 15) is 5.11 Å². The van der Waals surface area contributed by atoms with Gasteiger partial charge in [0.2, 0.25) is 0 Å². The molecule has 7 nitrogen and oxygen atoms in total. The first-order valence-electron chi connectivity index (χ1n) is 7.34. The summed E-state index contributed by atoms with van der Waals surface area (Å²) in [6, 6.07) is 12.5. The maximum atomic E-state index is 10.0. The Morgan fingerprint density at radius 3 is 2.58 bits per heavy atom. The van der Waals surface area contributed by atoms with Gasteiger partial charge in [0.05, 0.1) is 12.2 Å². The average molecular weight is 319 g/mol. The minimum Gasteiger partial charge on any atom is -0.508 e. The van der Waals surface area contributed by atoms with E-state index in [1.54, 1.807) is 41.3 Å². The highest BCUT2D eigenvalue weighted by Gasteiger charge is 2.16. The van der Waals surface area contributed by atoms with Crippen molar-refractivity contribution in [2.45, 2.75) is 6.54 Å². The quantitative estimate of drug-likeness (QED) is 0.622. The van der Waals surface area contributed by atoms with Crippen LogP contribution in [0.2, 0.25) is 0 Å². The van der Waals surface area contributed by atoms with Crippen molar-refractivity contribution >= 4 is 0 Å². The normalized spacial score (nSPS) is 10.8. The van der Waals surface area contributed by atoms with E-state index in [0.717, 1.165) is 11.3 Å².